The molecule has 0 aliphatic carbocycles. The Balaban J connectivity index is 1.70. The van der Waals surface area contributed by atoms with Gasteiger partial charge in [0, 0.05) is 24.4 Å². The van der Waals surface area contributed by atoms with E-state index in [-0.39, 0.29) is 17.7 Å². The highest BCUT2D eigenvalue weighted by Gasteiger charge is 2.26. The molecule has 1 unspecified atom stereocenters. The van der Waals surface area contributed by atoms with Crippen LogP contribution in [0, 0.1) is 13.8 Å². The number of nitrogens with two attached hydrogens (primary N) is 1. The van der Waals surface area contributed by atoms with Gasteiger partial charge in [0.15, 0.2) is 0 Å². The van der Waals surface area contributed by atoms with Crippen molar-refractivity contribution in [3.8, 4) is 5.75 Å². The molecule has 1 aliphatic heterocycles. The first-order valence-electron chi connectivity index (χ1n) is 8.72. The molecule has 0 bridgehead atoms. The normalized spacial score (nSPS) is 17.0. The average Bonchev–Trinajstić information content (AvgIpc) is 2.60. The predicted molar refractivity (Wildman–Crippen MR) is 98.2 cm³/mol. The fraction of sp³-hybridized carbons (Fsp3) is 0.350. The number of nitrogens with zero attached hydrogens (tertiary/aromatic N) is 2. The number of carbonyl (C=O) groups excluding carboxylic acids is 2. The number of piperidine rings is 1. The van der Waals surface area contributed by atoms with Gasteiger partial charge in [0.2, 0.25) is 0 Å². The van der Waals surface area contributed by atoms with E-state index in [9.17, 15) is 9.59 Å². The molecule has 1 aromatic carbocycles. The van der Waals surface area contributed by atoms with Gasteiger partial charge in [-0.3, -0.25) is 14.6 Å². The molecule has 6 nitrogen and oxygen atoms in total. The molecule has 1 saturated heterocycles. The van der Waals surface area contributed by atoms with Gasteiger partial charge in [-0.1, -0.05) is 17.2 Å². The molecular formula is C20H23N3O3. The first-order valence-corrected chi connectivity index (χ1v) is 8.72. The summed E-state index contributed by atoms with van der Waals surface area (Å²) in [4.78, 5) is 29.8. The lowest BCUT2D eigenvalue weighted by Gasteiger charge is -2.33. The van der Waals surface area contributed by atoms with E-state index in [4.69, 9.17) is 10.5 Å². The van der Waals surface area contributed by atoms with Crippen LogP contribution in [0.4, 0.5) is 0 Å². The standard InChI is InChI=1S/C20H23N3O3/c1-13-8-14(2)10-15(9-13)20(25)23-7-3-4-17(12-23)26-16-5-6-22-18(11-16)19(21)24/h5-6,8-11,17H,3-4,7,12H2,1-2H3,(H2,21,24). The number of likely N-dealkylation sites (tertiary alicyclic amines) is 1. The zero-order chi connectivity index (χ0) is 18.7. The van der Waals surface area contributed by atoms with Crippen LogP contribution in [-0.4, -0.2) is 40.9 Å². The van der Waals surface area contributed by atoms with Crippen LogP contribution >= 0.6 is 0 Å². The highest BCUT2D eigenvalue weighted by Crippen LogP contribution is 2.21. The molecule has 1 aromatic heterocycles. The molecule has 1 atom stereocenters. The average molecular weight is 353 g/mol. The fourth-order valence-corrected chi connectivity index (χ4v) is 3.31. The van der Waals surface area contributed by atoms with Gasteiger partial charge >= 0.3 is 0 Å². The molecule has 26 heavy (non-hydrogen) atoms. The molecule has 0 radical (unpaired) electrons. The highest BCUT2D eigenvalue weighted by molar-refractivity contribution is 5.94. The second kappa shape index (κ2) is 7.56. The van der Waals surface area contributed by atoms with Crippen LogP contribution < -0.4 is 10.5 Å². The van der Waals surface area contributed by atoms with E-state index < -0.39 is 5.91 Å². The lowest BCUT2D eigenvalue weighted by Crippen LogP contribution is -2.44. The summed E-state index contributed by atoms with van der Waals surface area (Å²) >= 11 is 0. The van der Waals surface area contributed by atoms with Crippen molar-refractivity contribution >= 4 is 11.8 Å². The first-order chi connectivity index (χ1) is 12.4. The van der Waals surface area contributed by atoms with Crippen LogP contribution in [0.2, 0.25) is 0 Å². The number of hydrogen-bond donors (Lipinski definition) is 1. The van der Waals surface area contributed by atoms with Crippen molar-refractivity contribution in [2.75, 3.05) is 13.1 Å². The van der Waals surface area contributed by atoms with Gasteiger partial charge in [0.1, 0.15) is 17.5 Å². The third-order valence-electron chi connectivity index (χ3n) is 4.42. The minimum absolute atomic E-state index is 0.0256. The molecule has 3 rings (SSSR count). The molecule has 1 fully saturated rings. The zero-order valence-corrected chi connectivity index (χ0v) is 15.1. The van der Waals surface area contributed by atoms with E-state index in [0.717, 1.165) is 24.0 Å². The fourth-order valence-electron chi connectivity index (χ4n) is 3.31. The van der Waals surface area contributed by atoms with Crippen molar-refractivity contribution in [3.63, 3.8) is 0 Å². The Hall–Kier alpha value is -2.89. The number of hydrogen-bond acceptors (Lipinski definition) is 4. The Morgan fingerprint density at radius 3 is 2.62 bits per heavy atom. The SMILES string of the molecule is Cc1cc(C)cc(C(=O)N2CCCC(Oc3ccnc(C(N)=O)c3)C2)c1. The van der Waals surface area contributed by atoms with Crippen molar-refractivity contribution in [3.05, 3.63) is 58.9 Å². The molecule has 2 heterocycles. The van der Waals surface area contributed by atoms with Crippen molar-refractivity contribution in [1.29, 1.82) is 0 Å². The summed E-state index contributed by atoms with van der Waals surface area (Å²) in [7, 11) is 0. The van der Waals surface area contributed by atoms with Gasteiger partial charge in [-0.25, -0.2) is 0 Å². The van der Waals surface area contributed by atoms with Crippen molar-refractivity contribution in [1.82, 2.24) is 9.88 Å². The second-order valence-electron chi connectivity index (χ2n) is 6.75. The van der Waals surface area contributed by atoms with Crippen LogP contribution in [0.25, 0.3) is 0 Å². The number of primary amides is 1. The summed E-state index contributed by atoms with van der Waals surface area (Å²) in [5.74, 6) is -0.0251. The van der Waals surface area contributed by atoms with E-state index in [2.05, 4.69) is 11.1 Å². The Kier molecular flexibility index (Phi) is 5.21. The Labute approximate surface area is 153 Å². The van der Waals surface area contributed by atoms with Gasteiger partial charge in [0.25, 0.3) is 11.8 Å². The minimum Gasteiger partial charge on any atom is -0.488 e. The highest BCUT2D eigenvalue weighted by atomic mass is 16.5. The maximum Gasteiger partial charge on any atom is 0.267 e. The quantitative estimate of drug-likeness (QED) is 0.915. The molecule has 136 valence electrons. The summed E-state index contributed by atoms with van der Waals surface area (Å²) in [6, 6.07) is 9.12. The maximum atomic E-state index is 12.8. The summed E-state index contributed by atoms with van der Waals surface area (Å²) < 4.78 is 5.97. The molecule has 0 spiro atoms. The van der Waals surface area contributed by atoms with E-state index in [1.165, 1.54) is 12.3 Å². The Morgan fingerprint density at radius 1 is 1.19 bits per heavy atom. The molecule has 0 saturated carbocycles. The molecular weight excluding hydrogens is 330 g/mol. The zero-order valence-electron chi connectivity index (χ0n) is 15.1. The van der Waals surface area contributed by atoms with Crippen LogP contribution in [0.3, 0.4) is 0 Å². The van der Waals surface area contributed by atoms with Crippen molar-refractivity contribution in [2.24, 2.45) is 5.73 Å². The third-order valence-corrected chi connectivity index (χ3v) is 4.42. The minimum atomic E-state index is -0.592. The number of ether oxygens (including phenoxy) is 1. The number of benzene rings is 1. The number of aryl methyl sites for hydroxylation is 2. The maximum absolute atomic E-state index is 12.8. The summed E-state index contributed by atoms with van der Waals surface area (Å²) in [6.07, 6.45) is 3.10. The molecule has 2 amide bonds. The third kappa shape index (κ3) is 4.20. The van der Waals surface area contributed by atoms with Crippen molar-refractivity contribution < 1.29 is 14.3 Å². The number of amides is 2. The van der Waals surface area contributed by atoms with E-state index >= 15 is 0 Å². The lowest BCUT2D eigenvalue weighted by atomic mass is 10.0. The van der Waals surface area contributed by atoms with Crippen LogP contribution in [-0.2, 0) is 0 Å². The van der Waals surface area contributed by atoms with E-state index in [1.54, 1.807) is 6.07 Å². The second-order valence-corrected chi connectivity index (χ2v) is 6.75. The van der Waals surface area contributed by atoms with Gasteiger partial charge in [-0.2, -0.15) is 0 Å². The van der Waals surface area contributed by atoms with Crippen molar-refractivity contribution in [2.45, 2.75) is 32.8 Å². The largest absolute Gasteiger partial charge is 0.488 e. The summed E-state index contributed by atoms with van der Waals surface area (Å²) in [5.41, 5.74) is 8.29. The van der Waals surface area contributed by atoms with Gasteiger partial charge in [0.05, 0.1) is 6.54 Å². The molecule has 2 N–H and O–H groups in total. The smallest absolute Gasteiger partial charge is 0.267 e. The van der Waals surface area contributed by atoms with Gasteiger partial charge in [-0.05, 0) is 44.9 Å². The van der Waals surface area contributed by atoms with E-state index in [0.29, 0.717) is 24.4 Å². The number of carbonyl (C=O) groups is 2. The summed E-state index contributed by atoms with van der Waals surface area (Å²) in [6.45, 7) is 5.21. The van der Waals surface area contributed by atoms with Gasteiger partial charge < -0.3 is 15.4 Å². The monoisotopic (exact) mass is 353 g/mol. The van der Waals surface area contributed by atoms with Gasteiger partial charge in [-0.15, -0.1) is 0 Å². The molecule has 2 aromatic rings. The Morgan fingerprint density at radius 2 is 1.92 bits per heavy atom. The molecule has 6 heteroatoms. The van der Waals surface area contributed by atoms with E-state index in [1.807, 2.05) is 30.9 Å². The predicted octanol–water partition coefficient (Wildman–Crippen LogP) is 2.48. The van der Waals surface area contributed by atoms with Crippen LogP contribution in [0.1, 0.15) is 44.8 Å². The summed E-state index contributed by atoms with van der Waals surface area (Å²) in [5, 5.41) is 0. The van der Waals surface area contributed by atoms with Crippen LogP contribution in [0.15, 0.2) is 36.5 Å². The topological polar surface area (TPSA) is 85.5 Å². The first kappa shape index (κ1) is 17.9. The lowest BCUT2D eigenvalue weighted by molar-refractivity contribution is 0.0537. The van der Waals surface area contributed by atoms with Crippen LogP contribution in [0.5, 0.6) is 5.75 Å². The molecule has 1 aliphatic rings. The number of pyridine rings is 1. The Bertz CT molecular complexity index is 815. The number of rotatable bonds is 4. The number of aromatic nitrogens is 1.